The Morgan fingerprint density at radius 3 is 2.71 bits per heavy atom. The van der Waals surface area contributed by atoms with E-state index in [1.54, 1.807) is 6.07 Å². The van der Waals surface area contributed by atoms with Gasteiger partial charge in [0.25, 0.3) is 0 Å². The van der Waals surface area contributed by atoms with Crippen molar-refractivity contribution in [2.24, 2.45) is 0 Å². The summed E-state index contributed by atoms with van der Waals surface area (Å²) in [5, 5.41) is 4.34. The summed E-state index contributed by atoms with van der Waals surface area (Å²) in [6.45, 7) is 1.06. The van der Waals surface area contributed by atoms with Crippen LogP contribution in [0.5, 0.6) is 0 Å². The molecule has 1 aliphatic rings. The van der Waals surface area contributed by atoms with Crippen molar-refractivity contribution in [3.8, 4) is 0 Å². The lowest BCUT2D eigenvalue weighted by Gasteiger charge is -2.11. The van der Waals surface area contributed by atoms with Crippen LogP contribution in [0.3, 0.4) is 0 Å². The van der Waals surface area contributed by atoms with Crippen LogP contribution in [-0.4, -0.2) is 11.5 Å². The first-order valence-corrected chi connectivity index (χ1v) is 5.08. The summed E-state index contributed by atoms with van der Waals surface area (Å²) < 4.78 is 0. The van der Waals surface area contributed by atoms with E-state index in [9.17, 15) is 0 Å². The number of halogens is 3. The lowest BCUT2D eigenvalue weighted by molar-refractivity contribution is 0.645. The maximum absolute atomic E-state index is 5.97. The van der Waals surface area contributed by atoms with E-state index in [-0.39, 0.29) is 12.4 Å². The molecule has 0 aromatic carbocycles. The van der Waals surface area contributed by atoms with Gasteiger partial charge >= 0.3 is 0 Å². The van der Waals surface area contributed by atoms with Crippen molar-refractivity contribution in [2.75, 3.05) is 6.54 Å². The first-order valence-electron chi connectivity index (χ1n) is 4.33. The fourth-order valence-corrected chi connectivity index (χ4v) is 2.11. The molecule has 78 valence electrons. The Morgan fingerprint density at radius 1 is 1.36 bits per heavy atom. The van der Waals surface area contributed by atoms with Gasteiger partial charge in [0.1, 0.15) is 10.3 Å². The van der Waals surface area contributed by atoms with E-state index in [2.05, 4.69) is 10.3 Å². The van der Waals surface area contributed by atoms with Crippen LogP contribution in [0.25, 0.3) is 0 Å². The van der Waals surface area contributed by atoms with Crippen molar-refractivity contribution in [2.45, 2.75) is 18.9 Å². The minimum atomic E-state index is 0. The highest BCUT2D eigenvalue weighted by molar-refractivity contribution is 6.32. The number of nitrogens with zero attached hydrogens (tertiary/aromatic N) is 1. The van der Waals surface area contributed by atoms with E-state index < -0.39 is 0 Å². The summed E-state index contributed by atoms with van der Waals surface area (Å²) in [4.78, 5) is 4.01. The maximum atomic E-state index is 5.97. The van der Waals surface area contributed by atoms with Crippen LogP contribution in [0, 0.1) is 0 Å². The van der Waals surface area contributed by atoms with Crippen LogP contribution in [0.1, 0.15) is 24.4 Å². The second-order valence-corrected chi connectivity index (χ2v) is 3.91. The van der Waals surface area contributed by atoms with Gasteiger partial charge in [-0.25, -0.2) is 4.98 Å². The van der Waals surface area contributed by atoms with Crippen LogP contribution in [0.2, 0.25) is 10.3 Å². The molecule has 1 fully saturated rings. The normalized spacial score (nSPS) is 20.6. The predicted octanol–water partition coefficient (Wildman–Crippen LogP) is 3.23. The Bertz CT molecular complexity index is 311. The van der Waals surface area contributed by atoms with Crippen LogP contribution >= 0.6 is 35.6 Å². The third-order valence-corrected chi connectivity index (χ3v) is 2.79. The van der Waals surface area contributed by atoms with Crippen molar-refractivity contribution >= 4 is 35.6 Å². The van der Waals surface area contributed by atoms with Gasteiger partial charge in [-0.05, 0) is 25.5 Å². The molecule has 1 saturated heterocycles. The molecule has 5 heteroatoms. The van der Waals surface area contributed by atoms with Gasteiger partial charge in [0.15, 0.2) is 0 Å². The van der Waals surface area contributed by atoms with Gasteiger partial charge in [0.2, 0.25) is 0 Å². The lowest BCUT2D eigenvalue weighted by Crippen LogP contribution is -2.13. The smallest absolute Gasteiger partial charge is 0.135 e. The zero-order valence-electron chi connectivity index (χ0n) is 7.46. The SMILES string of the molecule is Cl.Clc1ccc([C@@H]2CCCN2)c(Cl)n1. The molecule has 2 rings (SSSR count). The first-order chi connectivity index (χ1) is 6.27. The van der Waals surface area contributed by atoms with Crippen molar-refractivity contribution in [3.05, 3.63) is 28.0 Å². The molecule has 0 bridgehead atoms. The zero-order chi connectivity index (χ0) is 9.26. The third kappa shape index (κ3) is 2.51. The molecule has 0 spiro atoms. The van der Waals surface area contributed by atoms with Crippen molar-refractivity contribution in [1.29, 1.82) is 0 Å². The minimum absolute atomic E-state index is 0. The van der Waals surface area contributed by atoms with Gasteiger partial charge in [-0.3, -0.25) is 0 Å². The largest absolute Gasteiger partial charge is 0.310 e. The van der Waals surface area contributed by atoms with Gasteiger partial charge in [0.05, 0.1) is 0 Å². The van der Waals surface area contributed by atoms with Crippen molar-refractivity contribution < 1.29 is 0 Å². The summed E-state index contributed by atoms with van der Waals surface area (Å²) >= 11 is 11.7. The second-order valence-electron chi connectivity index (χ2n) is 3.16. The fraction of sp³-hybridized carbons (Fsp3) is 0.444. The number of pyridine rings is 1. The van der Waals surface area contributed by atoms with E-state index >= 15 is 0 Å². The van der Waals surface area contributed by atoms with Gasteiger partial charge in [-0.1, -0.05) is 29.3 Å². The summed E-state index contributed by atoms with van der Waals surface area (Å²) in [7, 11) is 0. The van der Waals surface area contributed by atoms with Crippen molar-refractivity contribution in [1.82, 2.24) is 10.3 Å². The van der Waals surface area contributed by atoms with E-state index in [1.165, 1.54) is 6.42 Å². The van der Waals surface area contributed by atoms with Crippen molar-refractivity contribution in [3.63, 3.8) is 0 Å². The monoisotopic (exact) mass is 252 g/mol. The van der Waals surface area contributed by atoms with Crippen LogP contribution in [-0.2, 0) is 0 Å². The second kappa shape index (κ2) is 5.17. The van der Waals surface area contributed by atoms with E-state index in [1.807, 2.05) is 6.07 Å². The molecule has 1 atom stereocenters. The lowest BCUT2D eigenvalue weighted by atomic mass is 10.1. The molecule has 2 nitrogen and oxygen atoms in total. The molecular weight excluding hydrogens is 242 g/mol. The molecule has 0 unspecified atom stereocenters. The highest BCUT2D eigenvalue weighted by atomic mass is 35.5. The number of hydrogen-bond donors (Lipinski definition) is 1. The zero-order valence-corrected chi connectivity index (χ0v) is 9.79. The fourth-order valence-electron chi connectivity index (χ4n) is 1.63. The average molecular weight is 254 g/mol. The highest BCUT2D eigenvalue weighted by Gasteiger charge is 2.19. The van der Waals surface area contributed by atoms with Gasteiger partial charge in [-0.2, -0.15) is 0 Å². The average Bonchev–Trinajstić information content (AvgIpc) is 2.56. The predicted molar refractivity (Wildman–Crippen MR) is 61.5 cm³/mol. The molecule has 1 aromatic heterocycles. The molecule has 0 radical (unpaired) electrons. The minimum Gasteiger partial charge on any atom is -0.310 e. The summed E-state index contributed by atoms with van der Waals surface area (Å²) in [5.41, 5.74) is 1.06. The standard InChI is InChI=1S/C9H10Cl2N2.ClH/c10-8-4-3-6(9(11)13-8)7-2-1-5-12-7;/h3-4,7,12H,1-2,5H2;1H/t7-;/m0./s1. The van der Waals surface area contributed by atoms with E-state index in [0.29, 0.717) is 16.3 Å². The summed E-state index contributed by atoms with van der Waals surface area (Å²) in [6, 6.07) is 4.08. The molecule has 1 aromatic rings. The van der Waals surface area contributed by atoms with Gasteiger partial charge in [0, 0.05) is 11.6 Å². The Morgan fingerprint density at radius 2 is 2.14 bits per heavy atom. The number of rotatable bonds is 1. The maximum Gasteiger partial charge on any atom is 0.135 e. The Balaban J connectivity index is 0.000000980. The van der Waals surface area contributed by atoms with Crippen LogP contribution < -0.4 is 5.32 Å². The molecule has 0 amide bonds. The number of aromatic nitrogens is 1. The highest BCUT2D eigenvalue weighted by Crippen LogP contribution is 2.28. The van der Waals surface area contributed by atoms with E-state index in [0.717, 1.165) is 18.5 Å². The Hall–Kier alpha value is -0.0200. The quantitative estimate of drug-likeness (QED) is 0.777. The molecule has 2 heterocycles. The van der Waals surface area contributed by atoms with E-state index in [4.69, 9.17) is 23.2 Å². The Kier molecular flexibility index (Phi) is 4.45. The molecule has 14 heavy (non-hydrogen) atoms. The molecule has 0 aliphatic carbocycles. The summed E-state index contributed by atoms with van der Waals surface area (Å²) in [5.74, 6) is 0. The summed E-state index contributed by atoms with van der Waals surface area (Å²) in [6.07, 6.45) is 2.33. The molecular formula is C9H11Cl3N2. The third-order valence-electron chi connectivity index (χ3n) is 2.28. The van der Waals surface area contributed by atoms with Crippen LogP contribution in [0.15, 0.2) is 12.1 Å². The molecule has 0 saturated carbocycles. The Labute approximate surface area is 99.4 Å². The van der Waals surface area contributed by atoms with Crippen LogP contribution in [0.4, 0.5) is 0 Å². The molecule has 1 aliphatic heterocycles. The molecule has 1 N–H and O–H groups in total. The first kappa shape index (κ1) is 12.1. The van der Waals surface area contributed by atoms with Gasteiger partial charge in [-0.15, -0.1) is 12.4 Å². The van der Waals surface area contributed by atoms with Gasteiger partial charge < -0.3 is 5.32 Å². The topological polar surface area (TPSA) is 24.9 Å². The number of hydrogen-bond acceptors (Lipinski definition) is 2. The number of nitrogens with one attached hydrogen (secondary N) is 1.